The van der Waals surface area contributed by atoms with Gasteiger partial charge in [-0.15, -0.1) is 11.6 Å². The average Bonchev–Trinajstić information content (AvgIpc) is 3.19. The fourth-order valence-electron chi connectivity index (χ4n) is 10.5. The summed E-state index contributed by atoms with van der Waals surface area (Å²) in [6.07, 6.45) is 1.39. The molecule has 0 radical (unpaired) electrons. The van der Waals surface area contributed by atoms with Crippen LogP contribution in [0.3, 0.4) is 0 Å². The number of halogens is 1. The van der Waals surface area contributed by atoms with Gasteiger partial charge in [0.25, 0.3) is 0 Å². The number of aliphatic hydroxyl groups is 2. The van der Waals surface area contributed by atoms with E-state index < -0.39 is 91.9 Å². The summed E-state index contributed by atoms with van der Waals surface area (Å²) in [5.41, 5.74) is -8.24. The molecule has 8 rings (SSSR count). The van der Waals surface area contributed by atoms with Crippen LogP contribution in [-0.2, 0) is 38.1 Å². The van der Waals surface area contributed by atoms with E-state index in [2.05, 4.69) is 0 Å². The number of ether oxygens (including phenoxy) is 4. The molecule has 210 valence electrons. The lowest BCUT2D eigenvalue weighted by molar-refractivity contribution is -0.378. The molecular weight excluding hydrogens is 532 g/mol. The van der Waals surface area contributed by atoms with Crippen molar-refractivity contribution in [2.24, 2.45) is 34.5 Å². The monoisotopic (exact) mass is 562 g/mol. The summed E-state index contributed by atoms with van der Waals surface area (Å²) in [6.45, 7) is 4.87. The maximum atomic E-state index is 14.9. The first kappa shape index (κ1) is 24.9. The third-order valence-electron chi connectivity index (χ3n) is 12.6. The summed E-state index contributed by atoms with van der Waals surface area (Å²) >= 11 is 7.12. The molecular formula is C28H31ClO10. The molecule has 5 heterocycles. The first-order valence-corrected chi connectivity index (χ1v) is 14.2. The van der Waals surface area contributed by atoms with Crippen LogP contribution < -0.4 is 0 Å². The molecule has 39 heavy (non-hydrogen) atoms. The van der Waals surface area contributed by atoms with Crippen LogP contribution in [0.5, 0.6) is 0 Å². The second-order valence-electron chi connectivity index (χ2n) is 13.7. The fourth-order valence-corrected chi connectivity index (χ4v) is 10.9. The first-order chi connectivity index (χ1) is 18.2. The van der Waals surface area contributed by atoms with E-state index in [4.69, 9.17) is 30.5 Å². The van der Waals surface area contributed by atoms with Crippen LogP contribution in [0.15, 0.2) is 12.2 Å². The number of hydrogen-bond acceptors (Lipinski definition) is 10. The number of hydrogen-bond donors (Lipinski definition) is 2. The van der Waals surface area contributed by atoms with Crippen molar-refractivity contribution < 1.29 is 48.3 Å². The maximum absolute atomic E-state index is 14.9. The standard InChI is InChI=1S/C28H31ClO10/c1-22-10-17-24(3)28-18(22)19(32)27(39-28,36-11-14(22)20(33)37-17)13-9-16(31)25(29)7-4-5-15(30)23(25,2)12(13)6-8-26(28,35)21(34)38-24/h4-5,12-14,16-18,31,35H,6-11H2,1-3H3/t12-,13-,14+,16-,17+,18+,22-,23+,24-,25-,26-,27+,28-/m1/s1. The van der Waals surface area contributed by atoms with Gasteiger partial charge in [0.1, 0.15) is 6.10 Å². The Balaban J connectivity index is 1.43. The van der Waals surface area contributed by atoms with Crippen molar-refractivity contribution in [1.29, 1.82) is 0 Å². The van der Waals surface area contributed by atoms with Crippen LogP contribution in [0, 0.1) is 34.5 Å². The molecule has 13 atom stereocenters. The predicted molar refractivity (Wildman–Crippen MR) is 129 cm³/mol. The summed E-state index contributed by atoms with van der Waals surface area (Å²) in [7, 11) is 0. The number of aliphatic hydroxyl groups excluding tert-OH is 1. The van der Waals surface area contributed by atoms with Gasteiger partial charge in [0, 0.05) is 5.92 Å². The van der Waals surface area contributed by atoms with Gasteiger partial charge in [-0.2, -0.15) is 0 Å². The zero-order valence-electron chi connectivity index (χ0n) is 21.9. The largest absolute Gasteiger partial charge is 0.458 e. The van der Waals surface area contributed by atoms with Crippen LogP contribution >= 0.6 is 11.6 Å². The number of fused-ring (bicyclic) bond motifs is 5. The van der Waals surface area contributed by atoms with Crippen molar-refractivity contribution >= 4 is 35.1 Å². The average molecular weight is 563 g/mol. The molecule has 0 aromatic rings. The van der Waals surface area contributed by atoms with Gasteiger partial charge < -0.3 is 29.2 Å². The summed E-state index contributed by atoms with van der Waals surface area (Å²) in [5.74, 6) is -7.85. The van der Waals surface area contributed by atoms with Gasteiger partial charge in [0.2, 0.25) is 5.79 Å². The highest BCUT2D eigenvalue weighted by atomic mass is 35.5. The Kier molecular flexibility index (Phi) is 4.23. The van der Waals surface area contributed by atoms with Crippen molar-refractivity contribution in [3.05, 3.63) is 12.2 Å². The smallest absolute Gasteiger partial charge is 0.342 e. The summed E-state index contributed by atoms with van der Waals surface area (Å²) in [6, 6.07) is 0. The van der Waals surface area contributed by atoms with E-state index in [1.165, 1.54) is 6.08 Å². The van der Waals surface area contributed by atoms with Gasteiger partial charge in [-0.3, -0.25) is 14.4 Å². The maximum Gasteiger partial charge on any atom is 0.342 e. The van der Waals surface area contributed by atoms with Crippen molar-refractivity contribution in [3.63, 3.8) is 0 Å². The van der Waals surface area contributed by atoms with Gasteiger partial charge in [-0.05, 0) is 56.4 Å². The van der Waals surface area contributed by atoms with Crippen LogP contribution in [0.25, 0.3) is 0 Å². The molecule has 5 saturated heterocycles. The van der Waals surface area contributed by atoms with Gasteiger partial charge in [0.15, 0.2) is 28.4 Å². The number of carbonyl (C=O) groups excluding carboxylic acids is 4. The molecule has 5 aliphatic heterocycles. The fraction of sp³-hybridized carbons (Fsp3) is 0.786. The number of allylic oxidation sites excluding steroid dienone is 2. The topological polar surface area (TPSA) is 146 Å². The predicted octanol–water partition coefficient (Wildman–Crippen LogP) is 0.969. The van der Waals surface area contributed by atoms with E-state index in [1.807, 2.05) is 0 Å². The van der Waals surface area contributed by atoms with Crippen LogP contribution in [-0.4, -0.2) is 80.0 Å². The number of rotatable bonds is 0. The highest BCUT2D eigenvalue weighted by molar-refractivity contribution is 6.28. The van der Waals surface area contributed by atoms with Gasteiger partial charge in [0.05, 0.1) is 34.8 Å². The van der Waals surface area contributed by atoms with Crippen LogP contribution in [0.4, 0.5) is 0 Å². The summed E-state index contributed by atoms with van der Waals surface area (Å²) in [5, 5.41) is 24.0. The molecule has 0 aromatic heterocycles. The Hall–Kier alpha value is -1.85. The molecule has 0 aromatic carbocycles. The molecule has 0 amide bonds. The molecule has 10 nitrogen and oxygen atoms in total. The Morgan fingerprint density at radius 2 is 1.85 bits per heavy atom. The number of carbonyl (C=O) groups is 4. The molecule has 7 fully saturated rings. The summed E-state index contributed by atoms with van der Waals surface area (Å²) < 4.78 is 25.0. The molecule has 8 aliphatic rings. The molecule has 5 bridgehead atoms. The number of Topliss-reactive ketones (excluding diaryl/α,β-unsaturated/α-hetero) is 1. The highest BCUT2D eigenvalue weighted by Crippen LogP contribution is 2.75. The van der Waals surface area contributed by atoms with Crippen LogP contribution in [0.2, 0.25) is 0 Å². The molecule has 2 saturated carbocycles. The zero-order valence-corrected chi connectivity index (χ0v) is 22.7. The highest BCUT2D eigenvalue weighted by Gasteiger charge is 2.93. The quantitative estimate of drug-likeness (QED) is 0.323. The lowest BCUT2D eigenvalue weighted by Gasteiger charge is -2.64. The minimum Gasteiger partial charge on any atom is -0.458 e. The van der Waals surface area contributed by atoms with E-state index in [1.54, 1.807) is 26.8 Å². The molecule has 2 spiro atoms. The number of alkyl halides is 1. The number of esters is 2. The molecule has 2 N–H and O–H groups in total. The molecule has 3 aliphatic carbocycles. The third kappa shape index (κ3) is 2.15. The van der Waals surface area contributed by atoms with E-state index in [0.717, 1.165) is 0 Å². The van der Waals surface area contributed by atoms with Gasteiger partial charge in [-0.1, -0.05) is 19.9 Å². The van der Waals surface area contributed by atoms with Crippen molar-refractivity contribution in [3.8, 4) is 0 Å². The normalized spacial score (nSPS) is 62.0. The molecule has 11 heteroatoms. The Morgan fingerprint density at radius 3 is 2.59 bits per heavy atom. The Morgan fingerprint density at radius 1 is 1.10 bits per heavy atom. The second-order valence-corrected chi connectivity index (χ2v) is 14.4. The Bertz CT molecular complexity index is 1330. The lowest BCUT2D eigenvalue weighted by Crippen LogP contribution is -2.79. The Labute approximate surface area is 229 Å². The lowest BCUT2D eigenvalue weighted by atomic mass is 9.46. The summed E-state index contributed by atoms with van der Waals surface area (Å²) in [4.78, 5) is 54.3. The zero-order chi connectivity index (χ0) is 27.8. The van der Waals surface area contributed by atoms with E-state index in [9.17, 15) is 29.4 Å². The van der Waals surface area contributed by atoms with Crippen molar-refractivity contribution in [2.45, 2.75) is 92.5 Å². The number of ketones is 2. The third-order valence-corrected chi connectivity index (χ3v) is 13.4. The van der Waals surface area contributed by atoms with Crippen LogP contribution in [0.1, 0.15) is 52.9 Å². The minimum absolute atomic E-state index is 0.00137. The van der Waals surface area contributed by atoms with Crippen molar-refractivity contribution in [1.82, 2.24) is 0 Å². The minimum atomic E-state index is -2.28. The van der Waals surface area contributed by atoms with E-state index in [-0.39, 0.29) is 44.5 Å². The van der Waals surface area contributed by atoms with Crippen molar-refractivity contribution in [2.75, 3.05) is 6.61 Å². The van der Waals surface area contributed by atoms with Gasteiger partial charge >= 0.3 is 11.9 Å². The van der Waals surface area contributed by atoms with E-state index in [0.29, 0.717) is 0 Å². The van der Waals surface area contributed by atoms with Gasteiger partial charge in [-0.25, -0.2) is 4.79 Å². The van der Waals surface area contributed by atoms with E-state index >= 15 is 0 Å². The molecule has 0 unspecified atom stereocenters. The first-order valence-electron chi connectivity index (χ1n) is 13.8. The second kappa shape index (κ2) is 6.62. The SMILES string of the molecule is C[C@@]12C[C@@H]3OC(=O)[C@@H]1CO[C@@]14O[C@@]5([C@H]2C1=O)[C@@](O)(CC[C@@H]1[C@H]4C[C@@H](O)[C@]2(Cl)CC=CC(=O)[C@]12C)C(=O)O[C@]35C.